The van der Waals surface area contributed by atoms with E-state index < -0.39 is 0 Å². The highest BCUT2D eigenvalue weighted by atomic mass is 16.5. The Labute approximate surface area is 178 Å². The number of hydrogen-bond donors (Lipinski definition) is 2. The van der Waals surface area contributed by atoms with Crippen molar-refractivity contribution in [2.24, 2.45) is 5.92 Å². The molecule has 0 amide bonds. The third kappa shape index (κ3) is 5.09. The lowest BCUT2D eigenvalue weighted by molar-refractivity contribution is -0.0623. The zero-order chi connectivity index (χ0) is 20.9. The van der Waals surface area contributed by atoms with Gasteiger partial charge in [-0.1, -0.05) is 0 Å². The first kappa shape index (κ1) is 21.9. The van der Waals surface area contributed by atoms with E-state index in [2.05, 4.69) is 38.7 Å². The highest BCUT2D eigenvalue weighted by Gasteiger charge is 2.42. The molecule has 3 fully saturated rings. The molecule has 6 atom stereocenters. The van der Waals surface area contributed by atoms with Crippen molar-refractivity contribution in [1.82, 2.24) is 20.8 Å². The van der Waals surface area contributed by atoms with Crippen molar-refractivity contribution in [3.63, 3.8) is 0 Å². The van der Waals surface area contributed by atoms with Crippen molar-refractivity contribution in [3.05, 3.63) is 18.1 Å². The van der Waals surface area contributed by atoms with Gasteiger partial charge in [-0.25, -0.2) is 15.4 Å². The minimum absolute atomic E-state index is 0.0724. The predicted molar refractivity (Wildman–Crippen MR) is 112 cm³/mol. The summed E-state index contributed by atoms with van der Waals surface area (Å²) in [7, 11) is 3.42. The number of aromatic nitrogens is 2. The van der Waals surface area contributed by atoms with E-state index in [9.17, 15) is 0 Å². The molecule has 0 radical (unpaired) electrons. The second-order valence-electron chi connectivity index (χ2n) is 8.57. The van der Waals surface area contributed by atoms with Crippen molar-refractivity contribution in [1.29, 1.82) is 0 Å². The number of methoxy groups -OCH3 is 2. The summed E-state index contributed by atoms with van der Waals surface area (Å²) in [5.74, 6) is 1.39. The van der Waals surface area contributed by atoms with Gasteiger partial charge in [0.25, 0.3) is 0 Å². The minimum atomic E-state index is 0.0724. The van der Waals surface area contributed by atoms with E-state index in [0.717, 1.165) is 43.9 Å². The molecule has 30 heavy (non-hydrogen) atoms. The summed E-state index contributed by atoms with van der Waals surface area (Å²) < 4.78 is 22.5. The summed E-state index contributed by atoms with van der Waals surface area (Å²) in [4.78, 5) is 11.4. The Morgan fingerprint density at radius 2 is 2.13 bits per heavy atom. The molecule has 1 aromatic rings. The largest absolute Gasteiger partial charge is 0.382 e. The van der Waals surface area contributed by atoms with Gasteiger partial charge in [0.05, 0.1) is 49.9 Å². The quantitative estimate of drug-likeness (QED) is 0.640. The lowest BCUT2D eigenvalue weighted by Gasteiger charge is -2.35. The molecule has 3 aliphatic rings. The summed E-state index contributed by atoms with van der Waals surface area (Å²) in [5, 5.41) is 0. The van der Waals surface area contributed by atoms with Crippen LogP contribution in [0.5, 0.6) is 0 Å². The summed E-state index contributed by atoms with van der Waals surface area (Å²) in [6.07, 6.45) is 5.30. The van der Waals surface area contributed by atoms with Gasteiger partial charge in [-0.3, -0.25) is 5.43 Å². The van der Waals surface area contributed by atoms with Crippen LogP contribution in [0.1, 0.15) is 37.9 Å². The van der Waals surface area contributed by atoms with E-state index in [0.29, 0.717) is 31.8 Å². The van der Waals surface area contributed by atoms with Crippen LogP contribution in [0.15, 0.2) is 12.4 Å². The molecule has 1 aromatic heterocycles. The summed E-state index contributed by atoms with van der Waals surface area (Å²) >= 11 is 0. The molecule has 0 spiro atoms. The van der Waals surface area contributed by atoms with E-state index in [4.69, 9.17) is 18.9 Å². The van der Waals surface area contributed by atoms with Gasteiger partial charge in [-0.2, -0.15) is 0 Å². The van der Waals surface area contributed by atoms with Gasteiger partial charge >= 0.3 is 0 Å². The molecule has 2 aliphatic heterocycles. The fourth-order valence-electron chi connectivity index (χ4n) is 4.95. The smallest absolute Gasteiger partial charge is 0.132 e. The van der Waals surface area contributed by atoms with Gasteiger partial charge in [-0.15, -0.1) is 0 Å². The van der Waals surface area contributed by atoms with Crippen molar-refractivity contribution in [2.75, 3.05) is 52.0 Å². The zero-order valence-corrected chi connectivity index (χ0v) is 18.3. The third-order valence-electron chi connectivity index (χ3n) is 6.34. The molecule has 2 saturated heterocycles. The molecule has 0 bridgehead atoms. The number of nitrogens with zero attached hydrogens (tertiary/aromatic N) is 3. The molecule has 4 rings (SSSR count). The molecule has 5 unspecified atom stereocenters. The van der Waals surface area contributed by atoms with E-state index in [1.807, 2.05) is 0 Å². The van der Waals surface area contributed by atoms with Gasteiger partial charge in [0.2, 0.25) is 0 Å². The van der Waals surface area contributed by atoms with Crippen LogP contribution in [0.2, 0.25) is 0 Å². The number of rotatable bonds is 8. The van der Waals surface area contributed by atoms with Crippen LogP contribution < -0.4 is 15.8 Å². The highest BCUT2D eigenvalue weighted by molar-refractivity contribution is 5.40. The van der Waals surface area contributed by atoms with Crippen molar-refractivity contribution < 1.29 is 18.9 Å². The van der Waals surface area contributed by atoms with Gasteiger partial charge in [-0.05, 0) is 26.2 Å². The predicted octanol–water partition coefficient (Wildman–Crippen LogP) is 1.07. The van der Waals surface area contributed by atoms with Crippen LogP contribution in [0, 0.1) is 5.92 Å². The molecule has 168 valence electrons. The van der Waals surface area contributed by atoms with Crippen molar-refractivity contribution in [2.45, 2.75) is 56.6 Å². The van der Waals surface area contributed by atoms with Crippen LogP contribution >= 0.6 is 0 Å². The van der Waals surface area contributed by atoms with Gasteiger partial charge in [0.15, 0.2) is 0 Å². The maximum Gasteiger partial charge on any atom is 0.132 e. The second kappa shape index (κ2) is 10.3. The van der Waals surface area contributed by atoms with Gasteiger partial charge < -0.3 is 23.8 Å². The fourth-order valence-corrected chi connectivity index (χ4v) is 4.95. The van der Waals surface area contributed by atoms with Crippen LogP contribution in [-0.2, 0) is 18.9 Å². The summed E-state index contributed by atoms with van der Waals surface area (Å²) in [6.45, 7) is 5.58. The van der Waals surface area contributed by atoms with Crippen LogP contribution in [0.3, 0.4) is 0 Å². The lowest BCUT2D eigenvalue weighted by Crippen LogP contribution is -2.44. The second-order valence-corrected chi connectivity index (χ2v) is 8.57. The molecule has 2 N–H and O–H groups in total. The Hall–Kier alpha value is -1.36. The average molecular weight is 422 g/mol. The highest BCUT2D eigenvalue weighted by Crippen LogP contribution is 2.39. The Bertz CT molecular complexity index is 679. The monoisotopic (exact) mass is 421 g/mol. The standard InChI is InChI=1S/C21H35N5O4/c1-14(11-27-2)30-15-4-5-18-17(8-15)21(25-24-18)19-9-20(23-13-22-19)26-6-7-29-16(10-26)12-28-3/h9,13-18,21,24-25H,4-8,10-12H2,1-3H3/t14-,15?,16?,17?,18?,21?/m0/s1. The maximum atomic E-state index is 6.23. The van der Waals surface area contributed by atoms with Crippen molar-refractivity contribution in [3.8, 4) is 0 Å². The first-order valence-corrected chi connectivity index (χ1v) is 11.0. The van der Waals surface area contributed by atoms with Crippen LogP contribution in [0.25, 0.3) is 0 Å². The number of fused-ring (bicyclic) bond motifs is 1. The third-order valence-corrected chi connectivity index (χ3v) is 6.34. The van der Waals surface area contributed by atoms with Crippen molar-refractivity contribution >= 4 is 5.82 Å². The summed E-state index contributed by atoms with van der Waals surface area (Å²) in [6, 6.07) is 2.71. The molecule has 9 nitrogen and oxygen atoms in total. The first-order chi connectivity index (χ1) is 14.7. The summed E-state index contributed by atoms with van der Waals surface area (Å²) in [5.41, 5.74) is 8.01. The minimum Gasteiger partial charge on any atom is -0.382 e. The first-order valence-electron chi connectivity index (χ1n) is 11.0. The van der Waals surface area contributed by atoms with E-state index in [1.54, 1.807) is 20.5 Å². The molecule has 9 heteroatoms. The number of nitrogens with one attached hydrogen (secondary N) is 2. The number of hydrazine groups is 1. The van der Waals surface area contributed by atoms with E-state index in [1.165, 1.54) is 0 Å². The molecule has 0 aromatic carbocycles. The maximum absolute atomic E-state index is 6.23. The van der Waals surface area contributed by atoms with Crippen LogP contribution in [0.4, 0.5) is 5.82 Å². The SMILES string of the molecule is COCC1CN(c2cc(C3NNC4CCC(O[C@@H](C)COC)CC43)ncn2)CCO1. The number of morpholine rings is 1. The average Bonchev–Trinajstić information content (AvgIpc) is 3.18. The topological polar surface area (TPSA) is 90.0 Å². The fraction of sp³-hybridized carbons (Fsp3) is 0.810. The Balaban J connectivity index is 1.43. The Kier molecular flexibility index (Phi) is 7.50. The lowest BCUT2D eigenvalue weighted by atomic mass is 9.79. The zero-order valence-electron chi connectivity index (χ0n) is 18.3. The Morgan fingerprint density at radius 3 is 2.97 bits per heavy atom. The normalized spacial score (nSPS) is 32.8. The Morgan fingerprint density at radius 1 is 1.23 bits per heavy atom. The van der Waals surface area contributed by atoms with Gasteiger partial charge in [0, 0.05) is 45.3 Å². The molecule has 1 aliphatic carbocycles. The molecular weight excluding hydrogens is 386 g/mol. The molecular formula is C21H35N5O4. The number of hydrogen-bond acceptors (Lipinski definition) is 9. The van der Waals surface area contributed by atoms with E-state index >= 15 is 0 Å². The molecule has 3 heterocycles. The van der Waals surface area contributed by atoms with Crippen LogP contribution in [-0.4, -0.2) is 81.5 Å². The van der Waals surface area contributed by atoms with Gasteiger partial charge in [0.1, 0.15) is 12.1 Å². The molecule has 1 saturated carbocycles. The number of anilines is 1. The number of ether oxygens (including phenoxy) is 4. The van der Waals surface area contributed by atoms with E-state index in [-0.39, 0.29) is 24.4 Å².